The van der Waals surface area contributed by atoms with Crippen LogP contribution in [0.1, 0.15) is 10.4 Å². The Morgan fingerprint density at radius 2 is 1.88 bits per heavy atom. The maximum absolute atomic E-state index is 12.7. The van der Waals surface area contributed by atoms with E-state index in [2.05, 4.69) is 21.2 Å². The van der Waals surface area contributed by atoms with Gasteiger partial charge in [-0.25, -0.2) is 0 Å². The Hall–Kier alpha value is -2.65. The van der Waals surface area contributed by atoms with Gasteiger partial charge < -0.3 is 19.5 Å². The van der Waals surface area contributed by atoms with Gasteiger partial charge in [-0.1, -0.05) is 15.9 Å². The van der Waals surface area contributed by atoms with Crippen LogP contribution in [0.4, 0.5) is 11.4 Å². The minimum absolute atomic E-state index is 0.160. The van der Waals surface area contributed by atoms with Crippen molar-refractivity contribution in [2.45, 2.75) is 0 Å². The van der Waals surface area contributed by atoms with Crippen LogP contribution in [0.25, 0.3) is 0 Å². The second-order valence-corrected chi connectivity index (χ2v) is 5.99. The van der Waals surface area contributed by atoms with Crippen molar-refractivity contribution in [3.8, 4) is 11.5 Å². The molecule has 0 spiro atoms. The molecule has 0 aliphatic rings. The van der Waals surface area contributed by atoms with E-state index in [-0.39, 0.29) is 23.5 Å². The molecule has 26 heavy (non-hydrogen) atoms. The molecule has 0 aliphatic carbocycles. The molecule has 0 fully saturated rings. The van der Waals surface area contributed by atoms with Crippen molar-refractivity contribution in [2.24, 2.45) is 0 Å². The van der Waals surface area contributed by atoms with Gasteiger partial charge in [-0.2, -0.15) is 0 Å². The van der Waals surface area contributed by atoms with Crippen LogP contribution in [0.3, 0.4) is 0 Å². The molecule has 9 heteroatoms. The topological polar surface area (TPSA) is 99.9 Å². The van der Waals surface area contributed by atoms with Crippen LogP contribution < -0.4 is 14.8 Å². The maximum atomic E-state index is 12.7. The molecule has 138 valence electrons. The molecule has 0 bridgehead atoms. The number of nitro benzene ring substituents is 1. The lowest BCUT2D eigenvalue weighted by Crippen LogP contribution is -2.15. The fourth-order valence-electron chi connectivity index (χ4n) is 2.14. The molecule has 0 radical (unpaired) electrons. The van der Waals surface area contributed by atoms with E-state index in [9.17, 15) is 14.9 Å². The smallest absolute Gasteiger partial charge is 0.271 e. The monoisotopic (exact) mass is 424 g/mol. The number of hydrogen-bond acceptors (Lipinski definition) is 6. The number of anilines is 1. The van der Waals surface area contributed by atoms with Crippen molar-refractivity contribution in [1.29, 1.82) is 0 Å². The largest absolute Gasteiger partial charge is 0.495 e. The van der Waals surface area contributed by atoms with Crippen LogP contribution in [0.5, 0.6) is 11.5 Å². The summed E-state index contributed by atoms with van der Waals surface area (Å²) in [5.41, 5.74) is 0.297. The quantitative estimate of drug-likeness (QED) is 0.394. The first-order valence-electron chi connectivity index (χ1n) is 7.51. The average Bonchev–Trinajstić information content (AvgIpc) is 2.62. The summed E-state index contributed by atoms with van der Waals surface area (Å²) in [4.78, 5) is 23.1. The van der Waals surface area contributed by atoms with E-state index in [1.54, 1.807) is 25.3 Å². The summed E-state index contributed by atoms with van der Waals surface area (Å²) < 4.78 is 16.3. The standard InChI is InChI=1S/C17H17BrN2O6/c1-24-7-8-26-15-5-3-11(18)9-13(15)17(21)19-14-10-12(20(22)23)4-6-16(14)25-2/h3-6,9-10H,7-8H2,1-2H3,(H,19,21). The zero-order valence-corrected chi connectivity index (χ0v) is 15.7. The first-order chi connectivity index (χ1) is 12.5. The molecule has 0 atom stereocenters. The number of nitro groups is 1. The maximum Gasteiger partial charge on any atom is 0.271 e. The molecular formula is C17H17BrN2O6. The van der Waals surface area contributed by atoms with Gasteiger partial charge in [0.2, 0.25) is 0 Å². The SMILES string of the molecule is COCCOc1ccc(Br)cc1C(=O)Nc1cc([N+](=O)[O-])ccc1OC. The van der Waals surface area contributed by atoms with Gasteiger partial charge in [-0.15, -0.1) is 0 Å². The highest BCUT2D eigenvalue weighted by Crippen LogP contribution is 2.31. The normalized spacial score (nSPS) is 10.3. The summed E-state index contributed by atoms with van der Waals surface area (Å²) in [6, 6.07) is 8.95. The predicted octanol–water partition coefficient (Wildman–Crippen LogP) is 3.64. The van der Waals surface area contributed by atoms with Crippen LogP contribution in [-0.2, 0) is 4.74 Å². The number of halogens is 1. The average molecular weight is 425 g/mol. The fourth-order valence-corrected chi connectivity index (χ4v) is 2.50. The number of benzene rings is 2. The number of non-ortho nitro benzene ring substituents is 1. The summed E-state index contributed by atoms with van der Waals surface area (Å²) in [6.45, 7) is 0.647. The summed E-state index contributed by atoms with van der Waals surface area (Å²) >= 11 is 3.32. The van der Waals surface area contributed by atoms with Crippen molar-refractivity contribution in [1.82, 2.24) is 0 Å². The third-order valence-corrected chi connectivity index (χ3v) is 3.87. The number of nitrogens with zero attached hydrogens (tertiary/aromatic N) is 1. The number of methoxy groups -OCH3 is 2. The second kappa shape index (κ2) is 9.16. The van der Waals surface area contributed by atoms with Gasteiger partial charge in [-0.05, 0) is 24.3 Å². The van der Waals surface area contributed by atoms with Gasteiger partial charge in [-0.3, -0.25) is 14.9 Å². The lowest BCUT2D eigenvalue weighted by molar-refractivity contribution is -0.384. The highest BCUT2D eigenvalue weighted by Gasteiger charge is 2.18. The molecule has 0 saturated heterocycles. The summed E-state index contributed by atoms with van der Waals surface area (Å²) in [7, 11) is 2.96. The van der Waals surface area contributed by atoms with Gasteiger partial charge in [0.1, 0.15) is 18.1 Å². The van der Waals surface area contributed by atoms with E-state index in [1.165, 1.54) is 25.3 Å². The zero-order valence-electron chi connectivity index (χ0n) is 14.2. The summed E-state index contributed by atoms with van der Waals surface area (Å²) in [5, 5.41) is 13.6. The zero-order chi connectivity index (χ0) is 19.1. The Kier molecular flexibility index (Phi) is 6.93. The highest BCUT2D eigenvalue weighted by molar-refractivity contribution is 9.10. The Balaban J connectivity index is 2.31. The number of rotatable bonds is 8. The molecule has 0 unspecified atom stereocenters. The number of amides is 1. The Morgan fingerprint density at radius 3 is 2.54 bits per heavy atom. The van der Waals surface area contributed by atoms with Gasteiger partial charge in [0, 0.05) is 23.7 Å². The molecule has 2 aromatic rings. The van der Waals surface area contributed by atoms with Crippen LogP contribution in [0.2, 0.25) is 0 Å². The lowest BCUT2D eigenvalue weighted by Gasteiger charge is -2.13. The van der Waals surface area contributed by atoms with E-state index in [0.717, 1.165) is 0 Å². The minimum Gasteiger partial charge on any atom is -0.495 e. The Bertz CT molecular complexity index is 812. The van der Waals surface area contributed by atoms with E-state index in [4.69, 9.17) is 14.2 Å². The minimum atomic E-state index is -0.548. The second-order valence-electron chi connectivity index (χ2n) is 5.08. The molecule has 8 nitrogen and oxygen atoms in total. The molecule has 1 N–H and O–H groups in total. The predicted molar refractivity (Wildman–Crippen MR) is 99.1 cm³/mol. The summed E-state index contributed by atoms with van der Waals surface area (Å²) in [6.07, 6.45) is 0. The van der Waals surface area contributed by atoms with E-state index in [0.29, 0.717) is 22.6 Å². The van der Waals surface area contributed by atoms with Gasteiger partial charge in [0.25, 0.3) is 11.6 Å². The third kappa shape index (κ3) is 4.93. The molecule has 1 amide bonds. The highest BCUT2D eigenvalue weighted by atomic mass is 79.9. The van der Waals surface area contributed by atoms with Crippen LogP contribution >= 0.6 is 15.9 Å². The molecule has 0 heterocycles. The number of carbonyl (C=O) groups is 1. The van der Waals surface area contributed by atoms with Crippen molar-refractivity contribution in [2.75, 3.05) is 32.8 Å². The van der Waals surface area contributed by atoms with E-state index in [1.807, 2.05) is 0 Å². The van der Waals surface area contributed by atoms with Gasteiger partial charge in [0.05, 0.1) is 29.9 Å². The number of ether oxygens (including phenoxy) is 3. The summed E-state index contributed by atoms with van der Waals surface area (Å²) in [5.74, 6) is 0.186. The van der Waals surface area contributed by atoms with Crippen LogP contribution in [0, 0.1) is 10.1 Å². The van der Waals surface area contributed by atoms with Gasteiger partial charge in [0.15, 0.2) is 0 Å². The number of hydrogen-bond donors (Lipinski definition) is 1. The molecule has 2 rings (SSSR count). The van der Waals surface area contributed by atoms with Gasteiger partial charge >= 0.3 is 0 Å². The van der Waals surface area contributed by atoms with E-state index < -0.39 is 10.8 Å². The third-order valence-electron chi connectivity index (χ3n) is 3.37. The molecule has 0 saturated carbocycles. The van der Waals surface area contributed by atoms with Crippen molar-refractivity contribution in [3.63, 3.8) is 0 Å². The van der Waals surface area contributed by atoms with Crippen LogP contribution in [-0.4, -0.2) is 38.3 Å². The lowest BCUT2D eigenvalue weighted by atomic mass is 10.1. The van der Waals surface area contributed by atoms with Crippen molar-refractivity contribution in [3.05, 3.63) is 56.5 Å². The number of nitrogens with one attached hydrogen (secondary N) is 1. The first kappa shape index (κ1) is 19.7. The first-order valence-corrected chi connectivity index (χ1v) is 8.30. The molecule has 2 aromatic carbocycles. The number of carbonyl (C=O) groups excluding carboxylic acids is 1. The molecule has 0 aliphatic heterocycles. The molecule has 0 aromatic heterocycles. The molecular weight excluding hydrogens is 408 g/mol. The Labute approximate surface area is 158 Å². The van der Waals surface area contributed by atoms with Crippen molar-refractivity contribution < 1.29 is 23.9 Å². The Morgan fingerprint density at radius 1 is 1.15 bits per heavy atom. The fraction of sp³-hybridized carbons (Fsp3) is 0.235. The van der Waals surface area contributed by atoms with Crippen molar-refractivity contribution >= 4 is 33.2 Å². The van der Waals surface area contributed by atoms with Crippen LogP contribution in [0.15, 0.2) is 40.9 Å². The van der Waals surface area contributed by atoms with E-state index >= 15 is 0 Å².